The van der Waals surface area contributed by atoms with Crippen LogP contribution in [0.1, 0.15) is 12.0 Å². The summed E-state index contributed by atoms with van der Waals surface area (Å²) >= 11 is 5.87. The summed E-state index contributed by atoms with van der Waals surface area (Å²) in [6, 6.07) is 5.98. The molecule has 0 heterocycles. The Morgan fingerprint density at radius 2 is 2.10 bits per heavy atom. The third kappa shape index (κ3) is 5.99. The van der Waals surface area contributed by atoms with Crippen LogP contribution in [-0.4, -0.2) is 41.9 Å². The number of methoxy groups -OCH3 is 1. The van der Waals surface area contributed by atoms with E-state index in [4.69, 9.17) is 26.3 Å². The van der Waals surface area contributed by atoms with Gasteiger partial charge in [-0.25, -0.2) is 13.1 Å². The molecule has 1 N–H and O–H groups in total. The number of nitrogens with one attached hydrogen (secondary N) is 1. The maximum atomic E-state index is 12.1. The zero-order valence-electron chi connectivity index (χ0n) is 11.6. The summed E-state index contributed by atoms with van der Waals surface area (Å²) in [7, 11) is -2.15. The van der Waals surface area contributed by atoms with E-state index in [9.17, 15) is 8.42 Å². The Hall–Kier alpha value is -1.17. The second-order valence-electron chi connectivity index (χ2n) is 4.11. The zero-order chi connectivity index (χ0) is 15.7. The molecule has 0 atom stereocenters. The number of sulfonamides is 1. The highest BCUT2D eigenvalue weighted by atomic mass is 35.5. The highest BCUT2D eigenvalue weighted by Crippen LogP contribution is 2.22. The minimum Gasteiger partial charge on any atom is -0.382 e. The summed E-state index contributed by atoms with van der Waals surface area (Å²) in [5.74, 6) is 0. The van der Waals surface area contributed by atoms with Gasteiger partial charge in [0, 0.05) is 20.3 Å². The summed E-state index contributed by atoms with van der Waals surface area (Å²) in [6.45, 7) is 1.63. The van der Waals surface area contributed by atoms with Gasteiger partial charge in [0.05, 0.1) is 29.9 Å². The van der Waals surface area contributed by atoms with Crippen molar-refractivity contribution in [2.24, 2.45) is 0 Å². The Labute approximate surface area is 129 Å². The molecular weight excluding hydrogens is 316 g/mol. The Morgan fingerprint density at radius 1 is 1.33 bits per heavy atom. The van der Waals surface area contributed by atoms with Crippen molar-refractivity contribution in [1.82, 2.24) is 4.72 Å². The van der Waals surface area contributed by atoms with E-state index >= 15 is 0 Å². The number of nitriles is 1. The molecule has 0 radical (unpaired) electrons. The molecule has 1 aromatic rings. The summed E-state index contributed by atoms with van der Waals surface area (Å²) in [5, 5.41) is 8.88. The molecule has 1 rings (SSSR count). The van der Waals surface area contributed by atoms with Crippen molar-refractivity contribution in [3.8, 4) is 6.07 Å². The molecule has 0 aliphatic heterocycles. The fraction of sp³-hybridized carbons (Fsp3) is 0.462. The van der Waals surface area contributed by atoms with E-state index in [1.54, 1.807) is 7.11 Å². The van der Waals surface area contributed by atoms with Crippen LogP contribution >= 0.6 is 11.6 Å². The van der Waals surface area contributed by atoms with E-state index in [-0.39, 0.29) is 22.0 Å². The second-order valence-corrected chi connectivity index (χ2v) is 6.26. The number of rotatable bonds is 9. The smallest absolute Gasteiger partial charge is 0.242 e. The van der Waals surface area contributed by atoms with Crippen molar-refractivity contribution in [2.75, 3.05) is 33.5 Å². The number of nitrogens with zero attached hydrogens (tertiary/aromatic N) is 1. The van der Waals surface area contributed by atoms with Gasteiger partial charge < -0.3 is 9.47 Å². The number of benzene rings is 1. The van der Waals surface area contributed by atoms with Gasteiger partial charge in [0.25, 0.3) is 0 Å². The topological polar surface area (TPSA) is 88.4 Å². The van der Waals surface area contributed by atoms with Crippen molar-refractivity contribution in [1.29, 1.82) is 5.26 Å². The average molecular weight is 333 g/mol. The Balaban J connectivity index is 2.53. The van der Waals surface area contributed by atoms with Crippen LogP contribution in [0.2, 0.25) is 5.02 Å². The predicted octanol–water partition coefficient (Wildman–Crippen LogP) is 1.54. The van der Waals surface area contributed by atoms with Gasteiger partial charge in [0.1, 0.15) is 4.90 Å². The molecule has 0 aliphatic rings. The van der Waals surface area contributed by atoms with Gasteiger partial charge in [0.15, 0.2) is 0 Å². The van der Waals surface area contributed by atoms with Crippen molar-refractivity contribution in [2.45, 2.75) is 11.3 Å². The van der Waals surface area contributed by atoms with Crippen LogP contribution in [0.3, 0.4) is 0 Å². The first-order valence-corrected chi connectivity index (χ1v) is 8.13. The average Bonchev–Trinajstić information content (AvgIpc) is 2.46. The number of hydrogen-bond acceptors (Lipinski definition) is 5. The van der Waals surface area contributed by atoms with Gasteiger partial charge in [-0.05, 0) is 24.6 Å². The van der Waals surface area contributed by atoms with Crippen molar-refractivity contribution in [3.63, 3.8) is 0 Å². The normalized spacial score (nSPS) is 11.3. The van der Waals surface area contributed by atoms with E-state index < -0.39 is 10.0 Å². The van der Waals surface area contributed by atoms with Gasteiger partial charge >= 0.3 is 0 Å². The van der Waals surface area contributed by atoms with E-state index in [2.05, 4.69) is 4.72 Å². The first-order chi connectivity index (χ1) is 10.0. The Morgan fingerprint density at radius 3 is 2.76 bits per heavy atom. The maximum absolute atomic E-state index is 12.1. The molecule has 0 fully saturated rings. The quantitative estimate of drug-likeness (QED) is 0.693. The van der Waals surface area contributed by atoms with Crippen LogP contribution in [0, 0.1) is 11.3 Å². The Bertz CT molecular complexity index is 599. The van der Waals surface area contributed by atoms with E-state index in [0.29, 0.717) is 26.2 Å². The maximum Gasteiger partial charge on any atom is 0.242 e. The standard InChI is InChI=1S/C13H17ClN2O4S/c1-19-7-8-20-6-2-5-16-21(17,18)13-9-11(10-15)3-4-12(13)14/h3-4,9,16H,2,5-8H2,1H3. The third-order valence-corrected chi connectivity index (χ3v) is 4.48. The lowest BCUT2D eigenvalue weighted by atomic mass is 10.2. The predicted molar refractivity (Wildman–Crippen MR) is 78.7 cm³/mol. The lowest BCUT2D eigenvalue weighted by Gasteiger charge is -2.09. The Kier molecular flexibility index (Phi) is 7.64. The van der Waals surface area contributed by atoms with Crippen molar-refractivity contribution < 1.29 is 17.9 Å². The summed E-state index contributed by atoms with van der Waals surface area (Å²) < 4.78 is 36.7. The molecule has 1 aromatic carbocycles. The molecule has 0 spiro atoms. The summed E-state index contributed by atoms with van der Waals surface area (Å²) in [5.41, 5.74) is 0.239. The molecule has 6 nitrogen and oxygen atoms in total. The highest BCUT2D eigenvalue weighted by Gasteiger charge is 2.17. The van der Waals surface area contributed by atoms with Crippen LogP contribution in [-0.2, 0) is 19.5 Å². The first kappa shape index (κ1) is 17.9. The van der Waals surface area contributed by atoms with Gasteiger partial charge in [-0.2, -0.15) is 5.26 Å². The summed E-state index contributed by atoms with van der Waals surface area (Å²) in [4.78, 5) is -0.0940. The van der Waals surface area contributed by atoms with Crippen LogP contribution in [0.5, 0.6) is 0 Å². The fourth-order valence-corrected chi connectivity index (χ4v) is 3.08. The van der Waals surface area contributed by atoms with Gasteiger partial charge in [0.2, 0.25) is 10.0 Å². The van der Waals surface area contributed by atoms with Crippen molar-refractivity contribution >= 4 is 21.6 Å². The molecule has 0 unspecified atom stereocenters. The summed E-state index contributed by atoms with van der Waals surface area (Å²) in [6.07, 6.45) is 0.526. The minimum absolute atomic E-state index is 0.0813. The first-order valence-electron chi connectivity index (χ1n) is 6.27. The SMILES string of the molecule is COCCOCCCNS(=O)(=O)c1cc(C#N)ccc1Cl. The van der Waals surface area contributed by atoms with E-state index in [1.165, 1.54) is 18.2 Å². The van der Waals surface area contributed by atoms with Gasteiger partial charge in [-0.1, -0.05) is 11.6 Å². The molecule has 0 aromatic heterocycles. The molecule has 0 saturated heterocycles. The third-order valence-electron chi connectivity index (χ3n) is 2.54. The highest BCUT2D eigenvalue weighted by molar-refractivity contribution is 7.89. The second kappa shape index (κ2) is 8.97. The fourth-order valence-electron chi connectivity index (χ4n) is 1.48. The molecule has 0 saturated carbocycles. The lowest BCUT2D eigenvalue weighted by molar-refractivity contribution is 0.0699. The van der Waals surface area contributed by atoms with Crippen molar-refractivity contribution in [3.05, 3.63) is 28.8 Å². The molecule has 21 heavy (non-hydrogen) atoms. The minimum atomic E-state index is -3.73. The zero-order valence-corrected chi connectivity index (χ0v) is 13.2. The van der Waals surface area contributed by atoms with Gasteiger partial charge in [-0.3, -0.25) is 0 Å². The largest absolute Gasteiger partial charge is 0.382 e. The molecule has 0 bridgehead atoms. The molecule has 8 heteroatoms. The molecule has 0 aliphatic carbocycles. The number of ether oxygens (including phenoxy) is 2. The monoisotopic (exact) mass is 332 g/mol. The molecular formula is C13H17ClN2O4S. The van der Waals surface area contributed by atoms with Crippen LogP contribution in [0.15, 0.2) is 23.1 Å². The number of halogens is 1. The lowest BCUT2D eigenvalue weighted by Crippen LogP contribution is -2.26. The van der Waals surface area contributed by atoms with E-state index in [0.717, 1.165) is 0 Å². The number of hydrogen-bond donors (Lipinski definition) is 1. The van der Waals surface area contributed by atoms with Crippen LogP contribution in [0.4, 0.5) is 0 Å². The van der Waals surface area contributed by atoms with E-state index in [1.807, 2.05) is 6.07 Å². The van der Waals surface area contributed by atoms with Crippen LogP contribution < -0.4 is 4.72 Å². The van der Waals surface area contributed by atoms with Gasteiger partial charge in [-0.15, -0.1) is 0 Å². The molecule has 0 amide bonds. The van der Waals surface area contributed by atoms with Crippen LogP contribution in [0.25, 0.3) is 0 Å². The molecule has 116 valence electrons.